The summed E-state index contributed by atoms with van der Waals surface area (Å²) < 4.78 is 5.35. The number of rotatable bonds is 7. The van der Waals surface area contributed by atoms with Crippen molar-refractivity contribution in [3.63, 3.8) is 0 Å². The molecule has 0 radical (unpaired) electrons. The van der Waals surface area contributed by atoms with Crippen molar-refractivity contribution in [2.24, 2.45) is 5.18 Å². The van der Waals surface area contributed by atoms with Gasteiger partial charge in [-0.15, -0.1) is 11.3 Å². The second-order valence-corrected chi connectivity index (χ2v) is 5.57. The molecule has 0 aliphatic rings. The second kappa shape index (κ2) is 7.46. The number of hydrogen-bond acceptors (Lipinski definition) is 6. The third kappa shape index (κ3) is 3.98. The molecule has 114 valence electrons. The van der Waals surface area contributed by atoms with E-state index in [-0.39, 0.29) is 19.1 Å². The molecule has 0 bridgehead atoms. The Morgan fingerprint density at radius 3 is 2.82 bits per heavy atom. The average Bonchev–Trinajstić information content (AvgIpc) is 2.99. The van der Waals surface area contributed by atoms with Gasteiger partial charge in [0.2, 0.25) is 0 Å². The molecule has 1 aromatic heterocycles. The lowest BCUT2D eigenvalue weighted by Gasteiger charge is -2.10. The first-order valence-electron chi connectivity index (χ1n) is 6.53. The maximum absolute atomic E-state index is 12.1. The molecule has 6 nitrogen and oxygen atoms in total. The van der Waals surface area contributed by atoms with Gasteiger partial charge >= 0.3 is 0 Å². The summed E-state index contributed by atoms with van der Waals surface area (Å²) in [5, 5.41) is 5.51. The van der Waals surface area contributed by atoms with Gasteiger partial charge in [-0.1, -0.05) is 5.18 Å². The Hall–Kier alpha value is -2.54. The molecule has 2 aromatic rings. The molecule has 1 aromatic carbocycles. The predicted octanol–water partition coefficient (Wildman–Crippen LogP) is 3.27. The molecule has 0 atom stereocenters. The van der Waals surface area contributed by atoms with Gasteiger partial charge in [-0.05, 0) is 42.8 Å². The van der Waals surface area contributed by atoms with Gasteiger partial charge in [0.05, 0.1) is 9.75 Å². The number of benzene rings is 1. The Balaban J connectivity index is 2.04. The highest BCUT2D eigenvalue weighted by Gasteiger charge is 2.11. The van der Waals surface area contributed by atoms with Crippen LogP contribution in [0.1, 0.15) is 24.9 Å². The highest BCUT2D eigenvalue weighted by atomic mass is 32.1. The zero-order chi connectivity index (χ0) is 15.9. The summed E-state index contributed by atoms with van der Waals surface area (Å²) in [6.07, 6.45) is 0.715. The molecule has 0 spiro atoms. The van der Waals surface area contributed by atoms with E-state index in [0.29, 0.717) is 27.5 Å². The van der Waals surface area contributed by atoms with Crippen LogP contribution in [0.2, 0.25) is 0 Å². The molecule has 1 amide bonds. The van der Waals surface area contributed by atoms with Crippen molar-refractivity contribution < 1.29 is 14.3 Å². The van der Waals surface area contributed by atoms with E-state index < -0.39 is 0 Å². The number of amides is 1. The fourth-order valence-electron chi connectivity index (χ4n) is 1.79. The average molecular weight is 318 g/mol. The van der Waals surface area contributed by atoms with E-state index in [2.05, 4.69) is 10.5 Å². The molecule has 0 aliphatic carbocycles. The van der Waals surface area contributed by atoms with Crippen molar-refractivity contribution in [2.45, 2.75) is 6.92 Å². The Morgan fingerprint density at radius 2 is 2.18 bits per heavy atom. The van der Waals surface area contributed by atoms with Crippen molar-refractivity contribution in [3.05, 3.63) is 50.6 Å². The van der Waals surface area contributed by atoms with Crippen molar-refractivity contribution in [1.29, 1.82) is 0 Å². The number of carbonyl (C=O) groups is 2. The summed E-state index contributed by atoms with van der Waals surface area (Å²) >= 11 is 1.14. The zero-order valence-electron chi connectivity index (χ0n) is 11.9. The lowest BCUT2D eigenvalue weighted by atomic mass is 10.2. The van der Waals surface area contributed by atoms with Gasteiger partial charge in [-0.3, -0.25) is 9.59 Å². The SMILES string of the molecule is Cc1cc(OCCN=O)ccc1NC(=O)c1ccc(C=O)s1. The lowest BCUT2D eigenvalue weighted by Crippen LogP contribution is -2.11. The number of carbonyl (C=O) groups excluding carboxylic acids is 2. The van der Waals surface area contributed by atoms with Crippen LogP contribution in [0.15, 0.2) is 35.5 Å². The number of aldehydes is 1. The summed E-state index contributed by atoms with van der Waals surface area (Å²) in [5.41, 5.74) is 1.49. The Morgan fingerprint density at radius 1 is 1.36 bits per heavy atom. The largest absolute Gasteiger partial charge is 0.492 e. The van der Waals surface area contributed by atoms with Crippen LogP contribution in [0.25, 0.3) is 0 Å². The number of nitrogens with one attached hydrogen (secondary N) is 1. The van der Waals surface area contributed by atoms with Crippen LogP contribution in [-0.4, -0.2) is 25.3 Å². The van der Waals surface area contributed by atoms with E-state index >= 15 is 0 Å². The quantitative estimate of drug-likeness (QED) is 0.482. The monoisotopic (exact) mass is 318 g/mol. The Kier molecular flexibility index (Phi) is 5.37. The minimum atomic E-state index is -0.264. The van der Waals surface area contributed by atoms with Gasteiger partial charge in [-0.25, -0.2) is 0 Å². The molecule has 7 heteroatoms. The molecule has 0 aliphatic heterocycles. The van der Waals surface area contributed by atoms with Crippen LogP contribution in [0.4, 0.5) is 5.69 Å². The molecule has 22 heavy (non-hydrogen) atoms. The zero-order valence-corrected chi connectivity index (χ0v) is 12.7. The smallest absolute Gasteiger partial charge is 0.265 e. The maximum atomic E-state index is 12.1. The van der Waals surface area contributed by atoms with Crippen molar-refractivity contribution in [3.8, 4) is 5.75 Å². The van der Waals surface area contributed by atoms with Gasteiger partial charge in [-0.2, -0.15) is 4.91 Å². The van der Waals surface area contributed by atoms with Crippen molar-refractivity contribution >= 4 is 29.2 Å². The van der Waals surface area contributed by atoms with Crippen LogP contribution in [0.3, 0.4) is 0 Å². The van der Waals surface area contributed by atoms with Gasteiger partial charge < -0.3 is 10.1 Å². The molecule has 1 heterocycles. The molecule has 0 saturated heterocycles. The second-order valence-electron chi connectivity index (χ2n) is 4.45. The fraction of sp³-hybridized carbons (Fsp3) is 0.200. The molecule has 1 N–H and O–H groups in total. The van der Waals surface area contributed by atoms with E-state index in [9.17, 15) is 14.5 Å². The number of nitroso groups, excluding NO2 is 1. The fourth-order valence-corrected chi connectivity index (χ4v) is 2.51. The van der Waals surface area contributed by atoms with E-state index in [4.69, 9.17) is 4.74 Å². The summed E-state index contributed by atoms with van der Waals surface area (Å²) in [6.45, 7) is 2.15. The van der Waals surface area contributed by atoms with Crippen molar-refractivity contribution in [1.82, 2.24) is 0 Å². The van der Waals surface area contributed by atoms with Crippen LogP contribution in [0, 0.1) is 11.8 Å². The summed E-state index contributed by atoms with van der Waals surface area (Å²) in [7, 11) is 0. The van der Waals surface area contributed by atoms with E-state index in [1.54, 1.807) is 30.3 Å². The molecule has 0 unspecified atom stereocenters. The highest BCUT2D eigenvalue weighted by Crippen LogP contribution is 2.23. The van der Waals surface area contributed by atoms with E-state index in [1.165, 1.54) is 0 Å². The van der Waals surface area contributed by atoms with Gasteiger partial charge in [0.25, 0.3) is 5.91 Å². The van der Waals surface area contributed by atoms with Gasteiger partial charge in [0, 0.05) is 5.69 Å². The minimum Gasteiger partial charge on any atom is -0.492 e. The van der Waals surface area contributed by atoms with Crippen LogP contribution in [-0.2, 0) is 0 Å². The number of thiophene rings is 1. The number of anilines is 1. The number of nitrogens with zero attached hydrogens (tertiary/aromatic N) is 1. The lowest BCUT2D eigenvalue weighted by molar-refractivity contribution is 0.103. The van der Waals surface area contributed by atoms with Crippen LogP contribution in [0.5, 0.6) is 5.75 Å². The van der Waals surface area contributed by atoms with Gasteiger partial charge in [0.15, 0.2) is 6.29 Å². The third-order valence-corrected chi connectivity index (χ3v) is 3.87. The maximum Gasteiger partial charge on any atom is 0.265 e. The molecular formula is C15H14N2O4S. The molecule has 0 saturated carbocycles. The molecule has 2 rings (SSSR count). The summed E-state index contributed by atoms with van der Waals surface area (Å²) in [4.78, 5) is 33.7. The first-order chi connectivity index (χ1) is 10.6. The normalized spacial score (nSPS) is 10.0. The van der Waals surface area contributed by atoms with Crippen LogP contribution < -0.4 is 10.1 Å². The number of aryl methyl sites for hydroxylation is 1. The highest BCUT2D eigenvalue weighted by molar-refractivity contribution is 7.15. The van der Waals surface area contributed by atoms with E-state index in [1.807, 2.05) is 6.92 Å². The Bertz CT molecular complexity index is 697. The topological polar surface area (TPSA) is 84.8 Å². The van der Waals surface area contributed by atoms with Gasteiger partial charge in [0.1, 0.15) is 18.9 Å². The first kappa shape index (κ1) is 15.8. The predicted molar refractivity (Wildman–Crippen MR) is 85.0 cm³/mol. The van der Waals surface area contributed by atoms with Crippen molar-refractivity contribution in [2.75, 3.05) is 18.5 Å². The van der Waals surface area contributed by atoms with Crippen LogP contribution >= 0.6 is 11.3 Å². The standard InChI is InChI=1S/C15H14N2O4S/c1-10-8-11(21-7-6-16-20)2-4-13(10)17-15(19)14-5-3-12(9-18)22-14/h2-5,8-9H,6-7H2,1H3,(H,17,19). The minimum absolute atomic E-state index is 0.0922. The summed E-state index contributed by atoms with van der Waals surface area (Å²) in [5.74, 6) is 0.346. The Labute approximate surface area is 131 Å². The molecular weight excluding hydrogens is 304 g/mol. The summed E-state index contributed by atoms with van der Waals surface area (Å²) in [6, 6.07) is 8.43. The first-order valence-corrected chi connectivity index (χ1v) is 7.34. The number of hydrogen-bond donors (Lipinski definition) is 1. The third-order valence-electron chi connectivity index (χ3n) is 2.86. The molecule has 0 fully saturated rings. The number of ether oxygens (including phenoxy) is 1. The van der Waals surface area contributed by atoms with E-state index in [0.717, 1.165) is 16.9 Å².